The minimum absolute atomic E-state index is 0. The van der Waals surface area contributed by atoms with E-state index in [2.05, 4.69) is 26.7 Å². The van der Waals surface area contributed by atoms with E-state index in [1.807, 2.05) is 18.7 Å². The molecule has 118 valence electrons. The van der Waals surface area contributed by atoms with Gasteiger partial charge in [-0.05, 0) is 31.6 Å². The van der Waals surface area contributed by atoms with Crippen molar-refractivity contribution in [2.75, 3.05) is 26.2 Å². The third-order valence-corrected chi connectivity index (χ3v) is 4.67. The van der Waals surface area contributed by atoms with Gasteiger partial charge < -0.3 is 14.8 Å². The number of nitrogens with one attached hydrogen (secondary N) is 1. The molecule has 6 heteroatoms. The molecule has 1 aromatic rings. The average molecular weight is 403 g/mol. The van der Waals surface area contributed by atoms with Gasteiger partial charge in [0.1, 0.15) is 0 Å². The SMILES string of the molecule is CCNC(=NCCn1ccnc1)N1CCC2(CCC2)C1.I. The molecule has 3 rings (SSSR count). The molecule has 0 atom stereocenters. The first-order chi connectivity index (χ1) is 9.81. The summed E-state index contributed by atoms with van der Waals surface area (Å²) in [5.74, 6) is 1.09. The van der Waals surface area contributed by atoms with Gasteiger partial charge in [0.2, 0.25) is 0 Å². The number of hydrogen-bond donors (Lipinski definition) is 1. The monoisotopic (exact) mass is 403 g/mol. The van der Waals surface area contributed by atoms with Crippen molar-refractivity contribution in [2.45, 2.75) is 39.2 Å². The van der Waals surface area contributed by atoms with E-state index in [4.69, 9.17) is 4.99 Å². The van der Waals surface area contributed by atoms with Crippen molar-refractivity contribution in [1.29, 1.82) is 0 Å². The van der Waals surface area contributed by atoms with E-state index < -0.39 is 0 Å². The Bertz CT molecular complexity index is 453. The maximum Gasteiger partial charge on any atom is 0.193 e. The van der Waals surface area contributed by atoms with Crippen molar-refractivity contribution >= 4 is 29.9 Å². The van der Waals surface area contributed by atoms with Crippen LogP contribution < -0.4 is 5.32 Å². The lowest BCUT2D eigenvalue weighted by atomic mass is 9.68. The normalized spacial score (nSPS) is 20.2. The fourth-order valence-electron chi connectivity index (χ4n) is 3.32. The van der Waals surface area contributed by atoms with Gasteiger partial charge in [-0.1, -0.05) is 6.42 Å². The maximum absolute atomic E-state index is 4.78. The Labute approximate surface area is 144 Å². The molecule has 0 amide bonds. The van der Waals surface area contributed by atoms with Crippen LogP contribution >= 0.6 is 24.0 Å². The fraction of sp³-hybridized carbons (Fsp3) is 0.733. The number of aromatic nitrogens is 2. The van der Waals surface area contributed by atoms with E-state index in [1.165, 1.54) is 32.2 Å². The number of aliphatic imine (C=N–C) groups is 1. The van der Waals surface area contributed by atoms with Crippen LogP contribution in [0.25, 0.3) is 0 Å². The number of guanidine groups is 1. The summed E-state index contributed by atoms with van der Waals surface area (Å²) in [7, 11) is 0. The van der Waals surface area contributed by atoms with Crippen LogP contribution in [0, 0.1) is 5.41 Å². The van der Waals surface area contributed by atoms with Crippen molar-refractivity contribution < 1.29 is 0 Å². The predicted molar refractivity (Wildman–Crippen MR) is 96.1 cm³/mol. The zero-order chi connectivity index (χ0) is 13.8. The fourth-order valence-corrected chi connectivity index (χ4v) is 3.32. The quantitative estimate of drug-likeness (QED) is 0.477. The van der Waals surface area contributed by atoms with Gasteiger partial charge >= 0.3 is 0 Å². The second-order valence-corrected chi connectivity index (χ2v) is 6.06. The van der Waals surface area contributed by atoms with Crippen LogP contribution in [0.4, 0.5) is 0 Å². The summed E-state index contributed by atoms with van der Waals surface area (Å²) >= 11 is 0. The molecule has 1 aromatic heterocycles. The highest BCUT2D eigenvalue weighted by atomic mass is 127. The molecule has 1 spiro atoms. The molecular weight excluding hydrogens is 377 g/mol. The van der Waals surface area contributed by atoms with Crippen LogP contribution in [0.5, 0.6) is 0 Å². The molecule has 0 unspecified atom stereocenters. The van der Waals surface area contributed by atoms with Gasteiger partial charge in [-0.15, -0.1) is 24.0 Å². The van der Waals surface area contributed by atoms with E-state index in [-0.39, 0.29) is 24.0 Å². The number of rotatable bonds is 4. The molecule has 2 aliphatic rings. The topological polar surface area (TPSA) is 45.5 Å². The van der Waals surface area contributed by atoms with E-state index in [9.17, 15) is 0 Å². The lowest BCUT2D eigenvalue weighted by Crippen LogP contribution is -2.42. The van der Waals surface area contributed by atoms with Crippen molar-refractivity contribution in [3.63, 3.8) is 0 Å². The third-order valence-electron chi connectivity index (χ3n) is 4.67. The van der Waals surface area contributed by atoms with Gasteiger partial charge in [0, 0.05) is 38.6 Å². The van der Waals surface area contributed by atoms with Crippen molar-refractivity contribution in [3.8, 4) is 0 Å². The smallest absolute Gasteiger partial charge is 0.193 e. The van der Waals surface area contributed by atoms with Crippen LogP contribution in [0.15, 0.2) is 23.7 Å². The Balaban J connectivity index is 0.00000161. The van der Waals surface area contributed by atoms with Crippen molar-refractivity contribution in [3.05, 3.63) is 18.7 Å². The van der Waals surface area contributed by atoms with Crippen molar-refractivity contribution in [1.82, 2.24) is 19.8 Å². The molecule has 1 aliphatic carbocycles. The minimum Gasteiger partial charge on any atom is -0.357 e. The molecule has 0 bridgehead atoms. The highest BCUT2D eigenvalue weighted by molar-refractivity contribution is 14.0. The van der Waals surface area contributed by atoms with Gasteiger partial charge in [0.25, 0.3) is 0 Å². The molecule has 5 nitrogen and oxygen atoms in total. The lowest BCUT2D eigenvalue weighted by Gasteiger charge is -2.38. The number of halogens is 1. The van der Waals surface area contributed by atoms with E-state index in [0.29, 0.717) is 5.41 Å². The van der Waals surface area contributed by atoms with E-state index in [0.717, 1.165) is 32.1 Å². The van der Waals surface area contributed by atoms with Crippen LogP contribution in [-0.4, -0.2) is 46.6 Å². The first-order valence-electron chi connectivity index (χ1n) is 7.80. The maximum atomic E-state index is 4.78. The molecule has 1 N–H and O–H groups in total. The number of hydrogen-bond acceptors (Lipinski definition) is 2. The minimum atomic E-state index is 0. The first kappa shape index (κ1) is 16.6. The molecule has 2 fully saturated rings. The summed E-state index contributed by atoms with van der Waals surface area (Å²) in [6.45, 7) is 7.14. The molecule has 2 heterocycles. The first-order valence-corrected chi connectivity index (χ1v) is 7.80. The zero-order valence-electron chi connectivity index (χ0n) is 12.8. The summed E-state index contributed by atoms with van der Waals surface area (Å²) in [6, 6.07) is 0. The number of nitrogens with zero attached hydrogens (tertiary/aromatic N) is 4. The van der Waals surface area contributed by atoms with Crippen molar-refractivity contribution in [2.24, 2.45) is 10.4 Å². The van der Waals surface area contributed by atoms with Gasteiger partial charge in [-0.2, -0.15) is 0 Å². The summed E-state index contributed by atoms with van der Waals surface area (Å²) < 4.78 is 2.07. The highest BCUT2D eigenvalue weighted by Gasteiger charge is 2.43. The predicted octanol–water partition coefficient (Wildman–Crippen LogP) is 2.34. The standard InChI is InChI=1S/C15H25N5.HI/c1-2-17-14(18-8-11-19-10-7-16-13-19)20-9-6-15(12-20)4-3-5-15;/h7,10,13H,2-6,8-9,11-12H2,1H3,(H,17,18);1H. The Kier molecular flexibility index (Phi) is 5.89. The lowest BCUT2D eigenvalue weighted by molar-refractivity contribution is 0.151. The molecule has 0 aromatic carbocycles. The second kappa shape index (κ2) is 7.47. The highest BCUT2D eigenvalue weighted by Crippen LogP contribution is 2.47. The summed E-state index contributed by atoms with van der Waals surface area (Å²) in [5.41, 5.74) is 0.626. The molecule has 0 radical (unpaired) electrons. The van der Waals surface area contributed by atoms with E-state index >= 15 is 0 Å². The molecule has 21 heavy (non-hydrogen) atoms. The summed E-state index contributed by atoms with van der Waals surface area (Å²) in [5, 5.41) is 3.44. The Morgan fingerprint density at radius 2 is 2.24 bits per heavy atom. The Morgan fingerprint density at radius 1 is 1.38 bits per heavy atom. The van der Waals surface area contributed by atoms with Gasteiger partial charge in [0.05, 0.1) is 12.9 Å². The third kappa shape index (κ3) is 3.90. The van der Waals surface area contributed by atoms with Gasteiger partial charge in [0.15, 0.2) is 5.96 Å². The van der Waals surface area contributed by atoms with Crippen LogP contribution in [-0.2, 0) is 6.54 Å². The molecule has 1 saturated carbocycles. The molecule has 1 aliphatic heterocycles. The molecule has 1 saturated heterocycles. The van der Waals surface area contributed by atoms with E-state index in [1.54, 1.807) is 0 Å². The summed E-state index contributed by atoms with van der Waals surface area (Å²) in [6.07, 6.45) is 11.2. The van der Waals surface area contributed by atoms with Gasteiger partial charge in [-0.25, -0.2) is 4.98 Å². The Morgan fingerprint density at radius 3 is 2.81 bits per heavy atom. The summed E-state index contributed by atoms with van der Waals surface area (Å²) in [4.78, 5) is 11.3. The average Bonchev–Trinajstić information content (AvgIpc) is 3.06. The number of imidazole rings is 1. The Hall–Kier alpha value is -0.790. The van der Waals surface area contributed by atoms with Gasteiger partial charge in [-0.3, -0.25) is 4.99 Å². The van der Waals surface area contributed by atoms with Crippen LogP contribution in [0.1, 0.15) is 32.6 Å². The molecular formula is C15H26IN5. The van der Waals surface area contributed by atoms with Crippen LogP contribution in [0.2, 0.25) is 0 Å². The van der Waals surface area contributed by atoms with Crippen LogP contribution in [0.3, 0.4) is 0 Å². The number of likely N-dealkylation sites (tertiary alicyclic amines) is 1. The second-order valence-electron chi connectivity index (χ2n) is 6.06. The zero-order valence-corrected chi connectivity index (χ0v) is 15.1. The largest absolute Gasteiger partial charge is 0.357 e.